The van der Waals surface area contributed by atoms with Gasteiger partial charge in [-0.1, -0.05) is 41.4 Å². The number of hydrogen-bond acceptors (Lipinski definition) is 3. The maximum absolute atomic E-state index is 11.9. The summed E-state index contributed by atoms with van der Waals surface area (Å²) in [6.45, 7) is 3.42. The maximum Gasteiger partial charge on any atom is 0.338 e. The summed E-state index contributed by atoms with van der Waals surface area (Å²) in [7, 11) is 0. The molecule has 2 rings (SSSR count). The molecule has 5 heteroatoms. The summed E-state index contributed by atoms with van der Waals surface area (Å²) in [6.07, 6.45) is 0. The molecule has 0 aliphatic carbocycles. The highest BCUT2D eigenvalue weighted by Crippen LogP contribution is 2.15. The molecule has 0 radical (unpaired) electrons. The van der Waals surface area contributed by atoms with E-state index in [2.05, 4.69) is 5.32 Å². The first-order chi connectivity index (χ1) is 11.0. The van der Waals surface area contributed by atoms with E-state index in [-0.39, 0.29) is 18.6 Å². The molecule has 0 aliphatic heterocycles. The van der Waals surface area contributed by atoms with Crippen LogP contribution in [0.4, 0.5) is 0 Å². The van der Waals surface area contributed by atoms with Crippen molar-refractivity contribution in [3.63, 3.8) is 0 Å². The summed E-state index contributed by atoms with van der Waals surface area (Å²) >= 11 is 5.83. The summed E-state index contributed by atoms with van der Waals surface area (Å²) in [6, 6.07) is 14.0. The van der Waals surface area contributed by atoms with E-state index in [9.17, 15) is 9.59 Å². The van der Waals surface area contributed by atoms with Crippen LogP contribution in [0.2, 0.25) is 5.02 Å². The number of esters is 1. The summed E-state index contributed by atoms with van der Waals surface area (Å²) < 4.78 is 5.03. The van der Waals surface area contributed by atoms with E-state index in [4.69, 9.17) is 16.3 Å². The first kappa shape index (κ1) is 17.0. The van der Waals surface area contributed by atoms with Crippen molar-refractivity contribution < 1.29 is 14.3 Å². The molecule has 1 atom stereocenters. The largest absolute Gasteiger partial charge is 0.452 e. The smallest absolute Gasteiger partial charge is 0.338 e. The lowest BCUT2D eigenvalue weighted by molar-refractivity contribution is -0.124. The van der Waals surface area contributed by atoms with Gasteiger partial charge < -0.3 is 10.1 Å². The fourth-order valence-electron chi connectivity index (χ4n) is 2.10. The molecular formula is C18H18ClNO3. The van der Waals surface area contributed by atoms with Gasteiger partial charge in [-0.2, -0.15) is 0 Å². The predicted octanol–water partition coefficient (Wildman–Crippen LogP) is 3.68. The van der Waals surface area contributed by atoms with Gasteiger partial charge in [-0.05, 0) is 43.7 Å². The van der Waals surface area contributed by atoms with Crippen LogP contribution in [0.3, 0.4) is 0 Å². The summed E-state index contributed by atoms with van der Waals surface area (Å²) in [5, 5.41) is 3.41. The van der Waals surface area contributed by atoms with E-state index in [0.29, 0.717) is 10.6 Å². The molecule has 2 aromatic carbocycles. The standard InChI is InChI=1S/C18H18ClNO3/c1-12-4-3-5-15(10-12)18(22)23-11-17(21)20-13(2)14-6-8-16(19)9-7-14/h3-10,13H,11H2,1-2H3,(H,20,21)/t13-/m1/s1. The molecule has 0 saturated heterocycles. The Morgan fingerprint density at radius 3 is 2.52 bits per heavy atom. The Kier molecular flexibility index (Phi) is 5.77. The third kappa shape index (κ3) is 5.11. The molecule has 0 heterocycles. The van der Waals surface area contributed by atoms with Crippen LogP contribution in [0.25, 0.3) is 0 Å². The van der Waals surface area contributed by atoms with Crippen LogP contribution in [0.5, 0.6) is 0 Å². The third-order valence-corrected chi connectivity index (χ3v) is 3.59. The molecular weight excluding hydrogens is 314 g/mol. The molecule has 0 bridgehead atoms. The second-order valence-electron chi connectivity index (χ2n) is 5.29. The van der Waals surface area contributed by atoms with Gasteiger partial charge in [0, 0.05) is 5.02 Å². The van der Waals surface area contributed by atoms with Gasteiger partial charge in [0.05, 0.1) is 11.6 Å². The molecule has 0 unspecified atom stereocenters. The van der Waals surface area contributed by atoms with Crippen molar-refractivity contribution in [2.45, 2.75) is 19.9 Å². The van der Waals surface area contributed by atoms with Crippen LogP contribution in [0.15, 0.2) is 48.5 Å². The Morgan fingerprint density at radius 2 is 1.87 bits per heavy atom. The molecule has 23 heavy (non-hydrogen) atoms. The molecule has 4 nitrogen and oxygen atoms in total. The topological polar surface area (TPSA) is 55.4 Å². The average Bonchev–Trinajstić information content (AvgIpc) is 2.53. The van der Waals surface area contributed by atoms with Crippen molar-refractivity contribution in [3.05, 3.63) is 70.2 Å². The van der Waals surface area contributed by atoms with Crippen LogP contribution < -0.4 is 5.32 Å². The zero-order valence-electron chi connectivity index (χ0n) is 13.0. The first-order valence-electron chi connectivity index (χ1n) is 7.24. The number of hydrogen-bond donors (Lipinski definition) is 1. The number of benzene rings is 2. The Labute approximate surface area is 140 Å². The van der Waals surface area contributed by atoms with Gasteiger partial charge in [0.15, 0.2) is 6.61 Å². The number of rotatable bonds is 5. The highest BCUT2D eigenvalue weighted by atomic mass is 35.5. The Morgan fingerprint density at radius 1 is 1.17 bits per heavy atom. The van der Waals surface area contributed by atoms with Crippen LogP contribution in [0.1, 0.15) is 34.5 Å². The van der Waals surface area contributed by atoms with Crippen molar-refractivity contribution >= 4 is 23.5 Å². The summed E-state index contributed by atoms with van der Waals surface area (Å²) in [5.41, 5.74) is 2.32. The van der Waals surface area contributed by atoms with Gasteiger partial charge in [-0.3, -0.25) is 4.79 Å². The van der Waals surface area contributed by atoms with E-state index in [0.717, 1.165) is 11.1 Å². The molecule has 120 valence electrons. The number of nitrogens with one attached hydrogen (secondary N) is 1. The van der Waals surface area contributed by atoms with Crippen LogP contribution in [-0.2, 0) is 9.53 Å². The first-order valence-corrected chi connectivity index (χ1v) is 7.62. The van der Waals surface area contributed by atoms with Crippen molar-refractivity contribution in [1.82, 2.24) is 5.32 Å². The summed E-state index contributed by atoms with van der Waals surface area (Å²) in [5.74, 6) is -0.864. The van der Waals surface area contributed by atoms with Crippen LogP contribution >= 0.6 is 11.6 Å². The molecule has 0 aliphatic rings. The van der Waals surface area contributed by atoms with E-state index in [1.54, 1.807) is 30.3 Å². The lowest BCUT2D eigenvalue weighted by atomic mass is 10.1. The second kappa shape index (κ2) is 7.79. The minimum atomic E-state index is -0.511. The van der Waals surface area contributed by atoms with Gasteiger partial charge >= 0.3 is 5.97 Å². The van der Waals surface area contributed by atoms with E-state index in [1.807, 2.05) is 32.0 Å². The molecule has 0 aromatic heterocycles. The minimum absolute atomic E-state index is 0.197. The van der Waals surface area contributed by atoms with Gasteiger partial charge in [-0.25, -0.2) is 4.79 Å². The van der Waals surface area contributed by atoms with E-state index in [1.165, 1.54) is 0 Å². The van der Waals surface area contributed by atoms with E-state index < -0.39 is 5.97 Å². The van der Waals surface area contributed by atoms with E-state index >= 15 is 0 Å². The molecule has 1 N–H and O–H groups in total. The Hall–Kier alpha value is -2.33. The third-order valence-electron chi connectivity index (χ3n) is 3.34. The van der Waals surface area contributed by atoms with Gasteiger partial charge in [0.25, 0.3) is 5.91 Å². The molecule has 2 aromatic rings. The number of halogens is 1. The van der Waals surface area contributed by atoms with Crippen LogP contribution in [-0.4, -0.2) is 18.5 Å². The number of ether oxygens (including phenoxy) is 1. The SMILES string of the molecule is Cc1cccc(C(=O)OCC(=O)N[C@H](C)c2ccc(Cl)cc2)c1. The van der Waals surface area contributed by atoms with Crippen molar-refractivity contribution in [3.8, 4) is 0 Å². The quantitative estimate of drug-likeness (QED) is 0.850. The number of carbonyl (C=O) groups excluding carboxylic acids is 2. The number of amides is 1. The maximum atomic E-state index is 11.9. The summed E-state index contributed by atoms with van der Waals surface area (Å²) in [4.78, 5) is 23.8. The normalized spacial score (nSPS) is 11.6. The van der Waals surface area contributed by atoms with Gasteiger partial charge in [0.1, 0.15) is 0 Å². The van der Waals surface area contributed by atoms with Gasteiger partial charge in [-0.15, -0.1) is 0 Å². The Bertz CT molecular complexity index is 698. The lowest BCUT2D eigenvalue weighted by Crippen LogP contribution is -2.31. The monoisotopic (exact) mass is 331 g/mol. The number of carbonyl (C=O) groups is 2. The highest BCUT2D eigenvalue weighted by molar-refractivity contribution is 6.30. The fraction of sp³-hybridized carbons (Fsp3) is 0.222. The van der Waals surface area contributed by atoms with Crippen molar-refractivity contribution in [2.75, 3.05) is 6.61 Å². The fourth-order valence-corrected chi connectivity index (χ4v) is 2.23. The molecule has 0 fully saturated rings. The van der Waals surface area contributed by atoms with Crippen molar-refractivity contribution in [1.29, 1.82) is 0 Å². The van der Waals surface area contributed by atoms with Gasteiger partial charge in [0.2, 0.25) is 0 Å². The molecule has 1 amide bonds. The zero-order chi connectivity index (χ0) is 16.8. The van der Waals surface area contributed by atoms with Crippen molar-refractivity contribution in [2.24, 2.45) is 0 Å². The molecule has 0 saturated carbocycles. The Balaban J connectivity index is 1.85. The second-order valence-corrected chi connectivity index (χ2v) is 5.72. The van der Waals surface area contributed by atoms with Crippen LogP contribution in [0, 0.1) is 6.92 Å². The lowest BCUT2D eigenvalue weighted by Gasteiger charge is -2.14. The predicted molar refractivity (Wildman–Crippen MR) is 89.5 cm³/mol. The minimum Gasteiger partial charge on any atom is -0.452 e. The average molecular weight is 332 g/mol. The highest BCUT2D eigenvalue weighted by Gasteiger charge is 2.13. The number of aryl methyl sites for hydroxylation is 1. The zero-order valence-corrected chi connectivity index (χ0v) is 13.8. The molecule has 0 spiro atoms.